The van der Waals surface area contributed by atoms with Crippen molar-refractivity contribution in [1.82, 2.24) is 15.0 Å². The van der Waals surface area contributed by atoms with Gasteiger partial charge in [-0.25, -0.2) is 15.0 Å². The Morgan fingerprint density at radius 3 is 1.43 bits per heavy atom. The minimum absolute atomic E-state index is 0.577. The van der Waals surface area contributed by atoms with Gasteiger partial charge in [0, 0.05) is 33.0 Å². The fourth-order valence-corrected chi connectivity index (χ4v) is 9.10. The number of para-hydroxylation sites is 1. The molecule has 0 atom stereocenters. The molecular weight excluding hydrogens is 791 g/mol. The lowest BCUT2D eigenvalue weighted by atomic mass is 9.96. The lowest BCUT2D eigenvalue weighted by Crippen LogP contribution is -2.00. The van der Waals surface area contributed by atoms with E-state index in [1.54, 1.807) is 0 Å². The second-order valence-electron chi connectivity index (χ2n) is 16.3. The minimum atomic E-state index is 0.577. The minimum Gasteiger partial charge on any atom is -0.455 e. The van der Waals surface area contributed by atoms with Crippen molar-refractivity contribution in [2.75, 3.05) is 0 Å². The van der Waals surface area contributed by atoms with Crippen molar-refractivity contribution in [1.29, 1.82) is 0 Å². The van der Waals surface area contributed by atoms with E-state index in [4.69, 9.17) is 19.4 Å². The van der Waals surface area contributed by atoms with Gasteiger partial charge in [-0.3, -0.25) is 0 Å². The highest BCUT2D eigenvalue weighted by Crippen LogP contribution is 2.41. The van der Waals surface area contributed by atoms with Crippen LogP contribution in [-0.2, 0) is 0 Å². The summed E-state index contributed by atoms with van der Waals surface area (Å²) in [5.41, 5.74) is 15.7. The van der Waals surface area contributed by atoms with E-state index in [1.807, 2.05) is 24.3 Å². The predicted molar refractivity (Wildman–Crippen MR) is 268 cm³/mol. The Labute approximate surface area is 376 Å². The Balaban J connectivity index is 0.989. The van der Waals surface area contributed by atoms with Gasteiger partial charge in [0.1, 0.15) is 11.2 Å². The van der Waals surface area contributed by atoms with Crippen molar-refractivity contribution in [3.05, 3.63) is 237 Å². The Morgan fingerprint density at radius 2 is 0.738 bits per heavy atom. The van der Waals surface area contributed by atoms with Crippen LogP contribution in [0, 0.1) is 0 Å². The van der Waals surface area contributed by atoms with Crippen LogP contribution < -0.4 is 0 Å². The SMILES string of the molecule is c1ccc(-c2ccc(-c3ccc(-c4nc(-c5ccc6c(-c7ccccc7)cccc6c5)nc(-c5cccc6oc7c(-c8cccc(-c9ccccc9)c8)cccc7c56)n4)cc3)cc2)cc1. The second-order valence-corrected chi connectivity index (χ2v) is 16.3. The van der Waals surface area contributed by atoms with E-state index in [1.165, 1.54) is 33.2 Å². The zero-order valence-corrected chi connectivity index (χ0v) is 35.3. The van der Waals surface area contributed by atoms with Crippen molar-refractivity contribution in [2.24, 2.45) is 0 Å². The van der Waals surface area contributed by atoms with Gasteiger partial charge in [-0.15, -0.1) is 0 Å². The van der Waals surface area contributed by atoms with Crippen LogP contribution in [-0.4, -0.2) is 15.0 Å². The highest BCUT2D eigenvalue weighted by Gasteiger charge is 2.20. The number of benzene rings is 10. The Hall–Kier alpha value is -8.73. The van der Waals surface area contributed by atoms with E-state index in [0.29, 0.717) is 17.5 Å². The average Bonchev–Trinajstić information content (AvgIpc) is 3.78. The molecule has 0 bridgehead atoms. The first kappa shape index (κ1) is 38.0. The average molecular weight is 830 g/mol. The van der Waals surface area contributed by atoms with Gasteiger partial charge in [-0.1, -0.05) is 218 Å². The van der Waals surface area contributed by atoms with Crippen molar-refractivity contribution in [2.45, 2.75) is 0 Å². The van der Waals surface area contributed by atoms with Gasteiger partial charge in [-0.2, -0.15) is 0 Å². The molecule has 0 spiro atoms. The molecule has 0 fully saturated rings. The third-order valence-electron chi connectivity index (χ3n) is 12.4. The molecule has 4 heteroatoms. The van der Waals surface area contributed by atoms with Crippen molar-refractivity contribution in [3.8, 4) is 89.8 Å². The normalized spacial score (nSPS) is 11.4. The smallest absolute Gasteiger partial charge is 0.164 e. The zero-order chi connectivity index (χ0) is 43.1. The first-order valence-electron chi connectivity index (χ1n) is 21.9. The Bertz CT molecular complexity index is 3670. The molecule has 0 N–H and O–H groups in total. The Kier molecular flexibility index (Phi) is 9.46. The van der Waals surface area contributed by atoms with E-state index in [9.17, 15) is 0 Å². The van der Waals surface area contributed by atoms with E-state index >= 15 is 0 Å². The number of aromatic nitrogens is 3. The summed E-state index contributed by atoms with van der Waals surface area (Å²) in [6.45, 7) is 0. The molecule has 0 amide bonds. The van der Waals surface area contributed by atoms with E-state index in [0.717, 1.165) is 71.8 Å². The van der Waals surface area contributed by atoms with E-state index in [-0.39, 0.29) is 0 Å². The maximum absolute atomic E-state index is 6.79. The number of hydrogen-bond acceptors (Lipinski definition) is 4. The van der Waals surface area contributed by atoms with Crippen molar-refractivity contribution >= 4 is 32.7 Å². The molecular formula is C61H39N3O. The maximum atomic E-state index is 6.79. The molecule has 12 rings (SSSR count). The molecule has 0 aliphatic heterocycles. The summed E-state index contributed by atoms with van der Waals surface area (Å²) in [5.74, 6) is 1.77. The van der Waals surface area contributed by atoms with Crippen LogP contribution in [0.2, 0.25) is 0 Å². The van der Waals surface area contributed by atoms with Crippen LogP contribution >= 0.6 is 0 Å². The molecule has 12 aromatic rings. The number of fused-ring (bicyclic) bond motifs is 4. The summed E-state index contributed by atoms with van der Waals surface area (Å²) in [6.07, 6.45) is 0. The summed E-state index contributed by atoms with van der Waals surface area (Å²) >= 11 is 0. The number of rotatable bonds is 8. The topological polar surface area (TPSA) is 51.8 Å². The van der Waals surface area contributed by atoms with Crippen molar-refractivity contribution < 1.29 is 4.42 Å². The molecule has 0 aliphatic carbocycles. The predicted octanol–water partition coefficient (Wildman–Crippen LogP) is 16.3. The van der Waals surface area contributed by atoms with E-state index in [2.05, 4.69) is 212 Å². The van der Waals surface area contributed by atoms with Crippen molar-refractivity contribution in [3.63, 3.8) is 0 Å². The first-order valence-corrected chi connectivity index (χ1v) is 21.9. The van der Waals surface area contributed by atoms with Crippen LogP contribution in [0.1, 0.15) is 0 Å². The first-order chi connectivity index (χ1) is 32.2. The van der Waals surface area contributed by atoms with Crippen LogP contribution in [0.4, 0.5) is 0 Å². The molecule has 304 valence electrons. The molecule has 0 radical (unpaired) electrons. The standard InChI is InChI=1S/C61H39N3O/c1-4-14-40(15-5-1)42-28-30-43(31-29-42)44-32-34-46(35-33-44)59-62-60(50-36-37-52-48(39-50)22-11-23-51(52)45-18-8-3-9-19-45)64-61(63-59)55-26-13-27-56-57(55)54-25-12-24-53(58(54)65-56)49-21-10-20-47(38-49)41-16-6-2-7-17-41/h1-39H. The molecule has 0 saturated heterocycles. The fourth-order valence-electron chi connectivity index (χ4n) is 9.10. The van der Waals surface area contributed by atoms with Gasteiger partial charge in [0.05, 0.1) is 0 Å². The summed E-state index contributed by atoms with van der Waals surface area (Å²) in [7, 11) is 0. The van der Waals surface area contributed by atoms with Crippen LogP contribution in [0.25, 0.3) is 123 Å². The van der Waals surface area contributed by atoms with Gasteiger partial charge in [0.2, 0.25) is 0 Å². The molecule has 0 unspecified atom stereocenters. The van der Waals surface area contributed by atoms with Gasteiger partial charge < -0.3 is 4.42 Å². The highest BCUT2D eigenvalue weighted by molar-refractivity contribution is 6.15. The third kappa shape index (κ3) is 7.13. The van der Waals surface area contributed by atoms with Gasteiger partial charge in [0.15, 0.2) is 17.5 Å². The van der Waals surface area contributed by atoms with Gasteiger partial charge in [-0.05, 0) is 79.0 Å². The molecule has 2 heterocycles. The molecule has 2 aromatic heterocycles. The zero-order valence-electron chi connectivity index (χ0n) is 35.3. The summed E-state index contributed by atoms with van der Waals surface area (Å²) < 4.78 is 6.79. The molecule has 10 aromatic carbocycles. The number of hydrogen-bond donors (Lipinski definition) is 0. The summed E-state index contributed by atoms with van der Waals surface area (Å²) in [4.78, 5) is 15.8. The second kappa shape index (κ2) is 16.2. The van der Waals surface area contributed by atoms with Gasteiger partial charge in [0.25, 0.3) is 0 Å². The lowest BCUT2D eigenvalue weighted by Gasteiger charge is -2.12. The molecule has 0 saturated carbocycles. The molecule has 0 aliphatic rings. The number of furan rings is 1. The number of nitrogens with zero attached hydrogens (tertiary/aromatic N) is 3. The van der Waals surface area contributed by atoms with E-state index < -0.39 is 0 Å². The van der Waals surface area contributed by atoms with Crippen LogP contribution in [0.15, 0.2) is 241 Å². The third-order valence-corrected chi connectivity index (χ3v) is 12.4. The summed E-state index contributed by atoms with van der Waals surface area (Å²) in [5, 5.41) is 4.25. The fraction of sp³-hybridized carbons (Fsp3) is 0. The van der Waals surface area contributed by atoms with Crippen LogP contribution in [0.5, 0.6) is 0 Å². The van der Waals surface area contributed by atoms with Crippen LogP contribution in [0.3, 0.4) is 0 Å². The molecule has 65 heavy (non-hydrogen) atoms. The monoisotopic (exact) mass is 829 g/mol. The molecule has 4 nitrogen and oxygen atoms in total. The highest BCUT2D eigenvalue weighted by atomic mass is 16.3. The summed E-state index contributed by atoms with van der Waals surface area (Å²) in [6, 6.07) is 82.9. The largest absolute Gasteiger partial charge is 0.455 e. The maximum Gasteiger partial charge on any atom is 0.164 e. The Morgan fingerprint density at radius 1 is 0.262 bits per heavy atom. The lowest BCUT2D eigenvalue weighted by molar-refractivity contribution is 0.670. The van der Waals surface area contributed by atoms with Gasteiger partial charge >= 0.3 is 0 Å². The quantitative estimate of drug-likeness (QED) is 0.153.